The summed E-state index contributed by atoms with van der Waals surface area (Å²) in [6, 6.07) is 0.467. The Morgan fingerprint density at radius 2 is 1.67 bits per heavy atom. The fraction of sp³-hybridized carbons (Fsp3) is 0.944. The van der Waals surface area contributed by atoms with E-state index in [9.17, 15) is 4.79 Å². The summed E-state index contributed by atoms with van der Waals surface area (Å²) in [5, 5.41) is 3.57. The van der Waals surface area contributed by atoms with Crippen molar-refractivity contribution in [3.63, 3.8) is 0 Å². The number of nitrogens with one attached hydrogen (secondary N) is 1. The van der Waals surface area contributed by atoms with Gasteiger partial charge in [-0.3, -0.25) is 4.79 Å². The van der Waals surface area contributed by atoms with Crippen molar-refractivity contribution in [2.75, 3.05) is 13.1 Å². The molecule has 1 fully saturated rings. The van der Waals surface area contributed by atoms with Gasteiger partial charge in [-0.1, -0.05) is 27.2 Å². The second-order valence-electron chi connectivity index (χ2n) is 7.29. The number of hydrogen-bond donors (Lipinski definition) is 1. The maximum absolute atomic E-state index is 12.3. The Bertz CT molecular complexity index is 315. The van der Waals surface area contributed by atoms with Crippen LogP contribution in [0.25, 0.3) is 0 Å². The molecule has 3 nitrogen and oxygen atoms in total. The first-order valence-electron chi connectivity index (χ1n) is 8.90. The summed E-state index contributed by atoms with van der Waals surface area (Å²) in [5.41, 5.74) is 0.466. The fourth-order valence-corrected chi connectivity index (χ4v) is 3.56. The molecule has 1 saturated carbocycles. The highest BCUT2D eigenvalue weighted by Gasteiger charge is 2.32. The molecule has 3 heteroatoms. The van der Waals surface area contributed by atoms with E-state index in [0.717, 1.165) is 19.0 Å². The Kier molecular flexibility index (Phi) is 7.19. The van der Waals surface area contributed by atoms with Gasteiger partial charge in [-0.15, -0.1) is 0 Å². The molecule has 1 N–H and O–H groups in total. The van der Waals surface area contributed by atoms with Gasteiger partial charge in [0, 0.05) is 19.1 Å². The SMILES string of the molecule is CCN(CC)C(=O)C(C)NC1CCC(C(C)(C)CC)CC1. The standard InChI is InChI=1S/C18H36N2O/c1-7-18(5,6)15-10-12-16(13-11-15)19-14(4)17(21)20(8-2)9-3/h14-16,19H,7-13H2,1-6H3. The van der Waals surface area contributed by atoms with Crippen LogP contribution >= 0.6 is 0 Å². The van der Waals surface area contributed by atoms with E-state index >= 15 is 0 Å². The number of likely N-dealkylation sites (N-methyl/N-ethyl adjacent to an activating group) is 1. The smallest absolute Gasteiger partial charge is 0.239 e. The lowest BCUT2D eigenvalue weighted by molar-refractivity contribution is -0.132. The molecule has 0 spiro atoms. The number of carbonyl (C=O) groups is 1. The minimum Gasteiger partial charge on any atom is -0.342 e. The van der Waals surface area contributed by atoms with Crippen molar-refractivity contribution in [2.24, 2.45) is 11.3 Å². The van der Waals surface area contributed by atoms with Crippen LogP contribution in [-0.2, 0) is 4.79 Å². The third-order valence-corrected chi connectivity index (χ3v) is 5.67. The zero-order valence-electron chi connectivity index (χ0n) is 15.0. The van der Waals surface area contributed by atoms with Gasteiger partial charge in [0.1, 0.15) is 0 Å². The molecule has 0 aromatic carbocycles. The van der Waals surface area contributed by atoms with E-state index in [4.69, 9.17) is 0 Å². The van der Waals surface area contributed by atoms with Gasteiger partial charge in [-0.05, 0) is 57.8 Å². The first kappa shape index (κ1) is 18.5. The number of amides is 1. The third kappa shape index (κ3) is 4.98. The van der Waals surface area contributed by atoms with Crippen LogP contribution in [0, 0.1) is 11.3 Å². The number of nitrogens with zero attached hydrogens (tertiary/aromatic N) is 1. The molecule has 21 heavy (non-hydrogen) atoms. The van der Waals surface area contributed by atoms with Crippen LogP contribution < -0.4 is 5.32 Å². The second-order valence-corrected chi connectivity index (χ2v) is 7.29. The van der Waals surface area contributed by atoms with Crippen molar-refractivity contribution in [2.45, 2.75) is 85.7 Å². The molecule has 0 saturated heterocycles. The molecule has 1 amide bonds. The van der Waals surface area contributed by atoms with Crippen molar-refractivity contribution in [3.8, 4) is 0 Å². The van der Waals surface area contributed by atoms with Gasteiger partial charge in [0.25, 0.3) is 0 Å². The van der Waals surface area contributed by atoms with Crippen molar-refractivity contribution in [3.05, 3.63) is 0 Å². The summed E-state index contributed by atoms with van der Waals surface area (Å²) in [4.78, 5) is 14.2. The number of hydrogen-bond acceptors (Lipinski definition) is 2. The van der Waals surface area contributed by atoms with Gasteiger partial charge in [0.15, 0.2) is 0 Å². The highest BCUT2D eigenvalue weighted by molar-refractivity contribution is 5.81. The molecule has 1 atom stereocenters. The van der Waals surface area contributed by atoms with Gasteiger partial charge < -0.3 is 10.2 Å². The molecule has 0 aromatic rings. The first-order chi connectivity index (χ1) is 9.85. The molecular formula is C18H36N2O. The van der Waals surface area contributed by atoms with E-state index in [1.54, 1.807) is 0 Å². The highest BCUT2D eigenvalue weighted by atomic mass is 16.2. The van der Waals surface area contributed by atoms with Crippen molar-refractivity contribution in [1.29, 1.82) is 0 Å². The van der Waals surface area contributed by atoms with Crippen LogP contribution in [-0.4, -0.2) is 36.0 Å². The zero-order chi connectivity index (χ0) is 16.0. The lowest BCUT2D eigenvalue weighted by Gasteiger charge is -2.39. The maximum Gasteiger partial charge on any atom is 0.239 e. The van der Waals surface area contributed by atoms with E-state index in [2.05, 4.69) is 26.1 Å². The molecule has 0 aliphatic heterocycles. The minimum atomic E-state index is -0.0503. The molecule has 1 aliphatic rings. The van der Waals surface area contributed by atoms with Crippen LogP contribution in [0.4, 0.5) is 0 Å². The van der Waals surface area contributed by atoms with Gasteiger partial charge in [-0.2, -0.15) is 0 Å². The van der Waals surface area contributed by atoms with Crippen LogP contribution in [0.3, 0.4) is 0 Å². The van der Waals surface area contributed by atoms with Crippen LogP contribution in [0.2, 0.25) is 0 Å². The van der Waals surface area contributed by atoms with Crippen molar-refractivity contribution >= 4 is 5.91 Å². The molecule has 0 radical (unpaired) electrons. The van der Waals surface area contributed by atoms with E-state index in [-0.39, 0.29) is 11.9 Å². The molecule has 1 rings (SSSR count). The summed E-state index contributed by atoms with van der Waals surface area (Å²) in [5.74, 6) is 1.09. The Balaban J connectivity index is 2.44. The van der Waals surface area contributed by atoms with Crippen LogP contribution in [0.1, 0.15) is 73.6 Å². The molecule has 0 aromatic heterocycles. The lowest BCUT2D eigenvalue weighted by atomic mass is 9.69. The Labute approximate surface area is 131 Å². The van der Waals surface area contributed by atoms with Crippen molar-refractivity contribution in [1.82, 2.24) is 10.2 Å². The van der Waals surface area contributed by atoms with E-state index in [0.29, 0.717) is 11.5 Å². The second kappa shape index (κ2) is 8.17. The Morgan fingerprint density at radius 3 is 2.10 bits per heavy atom. The summed E-state index contributed by atoms with van der Waals surface area (Å²) in [6.07, 6.45) is 6.27. The predicted octanol–water partition coefficient (Wildman–Crippen LogP) is 3.83. The quantitative estimate of drug-likeness (QED) is 0.774. The van der Waals surface area contributed by atoms with Gasteiger partial charge >= 0.3 is 0 Å². The molecular weight excluding hydrogens is 260 g/mol. The largest absolute Gasteiger partial charge is 0.342 e. The van der Waals surface area contributed by atoms with Gasteiger partial charge in [0.2, 0.25) is 5.91 Å². The molecule has 1 unspecified atom stereocenters. The molecule has 124 valence electrons. The third-order valence-electron chi connectivity index (χ3n) is 5.67. The van der Waals surface area contributed by atoms with E-state index < -0.39 is 0 Å². The van der Waals surface area contributed by atoms with E-state index in [1.165, 1.54) is 32.1 Å². The molecule has 1 aliphatic carbocycles. The zero-order valence-corrected chi connectivity index (χ0v) is 15.0. The monoisotopic (exact) mass is 296 g/mol. The summed E-state index contributed by atoms with van der Waals surface area (Å²) in [7, 11) is 0. The Hall–Kier alpha value is -0.570. The lowest BCUT2D eigenvalue weighted by Crippen LogP contribution is -2.49. The number of carbonyl (C=O) groups excluding carboxylic acids is 1. The van der Waals surface area contributed by atoms with Gasteiger partial charge in [-0.25, -0.2) is 0 Å². The van der Waals surface area contributed by atoms with Crippen molar-refractivity contribution < 1.29 is 4.79 Å². The summed E-state index contributed by atoms with van der Waals surface area (Å²) < 4.78 is 0. The maximum atomic E-state index is 12.3. The minimum absolute atomic E-state index is 0.0503. The topological polar surface area (TPSA) is 32.3 Å². The highest BCUT2D eigenvalue weighted by Crippen LogP contribution is 2.40. The molecule has 0 heterocycles. The van der Waals surface area contributed by atoms with Crippen LogP contribution in [0.15, 0.2) is 0 Å². The van der Waals surface area contributed by atoms with Crippen LogP contribution in [0.5, 0.6) is 0 Å². The molecule has 0 bridgehead atoms. The first-order valence-corrected chi connectivity index (χ1v) is 8.90. The average molecular weight is 296 g/mol. The number of rotatable bonds is 7. The van der Waals surface area contributed by atoms with Gasteiger partial charge in [0.05, 0.1) is 6.04 Å². The van der Waals surface area contributed by atoms with E-state index in [1.807, 2.05) is 25.7 Å². The predicted molar refractivity (Wildman–Crippen MR) is 90.3 cm³/mol. The normalized spacial score (nSPS) is 24.7. The summed E-state index contributed by atoms with van der Waals surface area (Å²) in [6.45, 7) is 14.8. The Morgan fingerprint density at radius 1 is 1.14 bits per heavy atom. The average Bonchev–Trinajstić information content (AvgIpc) is 2.48. The fourth-order valence-electron chi connectivity index (χ4n) is 3.56. The summed E-state index contributed by atoms with van der Waals surface area (Å²) >= 11 is 0.